The summed E-state index contributed by atoms with van der Waals surface area (Å²) in [7, 11) is -1.50. The van der Waals surface area contributed by atoms with Crippen LogP contribution in [0.25, 0.3) is 0 Å². The summed E-state index contributed by atoms with van der Waals surface area (Å²) >= 11 is 0. The largest absolute Gasteiger partial charge is 0.441 e. The second-order valence-electron chi connectivity index (χ2n) is 3.92. The Hall–Kier alpha value is 0.748. The van der Waals surface area contributed by atoms with E-state index < -0.39 is 26.4 Å². The first-order valence-electron chi connectivity index (χ1n) is 4.35. The summed E-state index contributed by atoms with van der Waals surface area (Å²) < 4.78 is 16.9. The molecule has 1 atom stereocenters. The molecule has 0 aromatic rings. The molecule has 0 aliphatic carbocycles. The highest BCUT2D eigenvalue weighted by Crippen LogP contribution is 2.06. The molecule has 0 N–H and O–H groups in total. The van der Waals surface area contributed by atoms with Gasteiger partial charge in [-0.2, -0.15) is 0 Å². The topological polar surface area (TPSA) is 27.7 Å². The summed E-state index contributed by atoms with van der Waals surface area (Å²) in [6.07, 6.45) is 0. The summed E-state index contributed by atoms with van der Waals surface area (Å²) in [4.78, 5) is 0. The standard InChI is InChI=1S/C6H20O3Si4/c1-7-13(6,10-2)9-11-8-12(3,4)5/h11H2,1-6H3. The lowest BCUT2D eigenvalue weighted by molar-refractivity contribution is 0.316. The minimum absolute atomic E-state index is 0.760. The average Bonchev–Trinajstić information content (AvgIpc) is 2.02. The fourth-order valence-corrected chi connectivity index (χ4v) is 7.33. The summed E-state index contributed by atoms with van der Waals surface area (Å²) in [5.74, 6) is 0. The Balaban J connectivity index is 3.74. The molecule has 3 nitrogen and oxygen atoms in total. The molecule has 0 amide bonds. The number of rotatable bonds is 6. The first-order chi connectivity index (χ1) is 5.83. The van der Waals surface area contributed by atoms with Crippen LogP contribution in [0.3, 0.4) is 0 Å². The molecular formula is C6H20O3Si4. The summed E-state index contributed by atoms with van der Waals surface area (Å²) in [5.41, 5.74) is 0. The molecule has 2 radical (unpaired) electrons. The third-order valence-corrected chi connectivity index (χ3v) is 14.6. The van der Waals surface area contributed by atoms with Crippen molar-refractivity contribution in [3.63, 3.8) is 0 Å². The van der Waals surface area contributed by atoms with Crippen molar-refractivity contribution >= 4 is 35.4 Å². The van der Waals surface area contributed by atoms with Crippen LogP contribution in [0, 0.1) is 0 Å². The molecule has 0 fully saturated rings. The molecule has 0 aromatic heterocycles. The zero-order valence-corrected chi connectivity index (χ0v) is 13.8. The van der Waals surface area contributed by atoms with Gasteiger partial charge in [0.2, 0.25) is 0 Å². The van der Waals surface area contributed by atoms with Gasteiger partial charge in [0.25, 0.3) is 18.1 Å². The molecule has 13 heavy (non-hydrogen) atoms. The molecule has 0 aliphatic rings. The van der Waals surface area contributed by atoms with Crippen LogP contribution in [-0.4, -0.2) is 42.5 Å². The van der Waals surface area contributed by atoms with Crippen LogP contribution in [0.4, 0.5) is 0 Å². The highest BCUT2D eigenvalue weighted by atomic mass is 29.2. The Labute approximate surface area is 88.2 Å². The second-order valence-corrected chi connectivity index (χ2v) is 17.7. The molecule has 1 unspecified atom stereocenters. The van der Waals surface area contributed by atoms with Crippen molar-refractivity contribution in [2.24, 2.45) is 0 Å². The third kappa shape index (κ3) is 6.77. The monoisotopic (exact) mass is 252 g/mol. The van der Waals surface area contributed by atoms with E-state index in [4.69, 9.17) is 12.7 Å². The molecule has 0 bridgehead atoms. The van der Waals surface area contributed by atoms with Gasteiger partial charge in [0.15, 0.2) is 8.32 Å². The van der Waals surface area contributed by atoms with Crippen LogP contribution in [0.2, 0.25) is 32.7 Å². The van der Waals surface area contributed by atoms with Crippen molar-refractivity contribution in [1.82, 2.24) is 0 Å². The highest BCUT2D eigenvalue weighted by molar-refractivity contribution is 7.18. The molecule has 0 heterocycles. The van der Waals surface area contributed by atoms with E-state index in [2.05, 4.69) is 32.7 Å². The lowest BCUT2D eigenvalue weighted by Gasteiger charge is -2.26. The maximum atomic E-state index is 5.78. The summed E-state index contributed by atoms with van der Waals surface area (Å²) in [6.45, 7) is 10.8. The fourth-order valence-electron chi connectivity index (χ4n) is 0.552. The van der Waals surface area contributed by atoms with Crippen LogP contribution in [0.1, 0.15) is 0 Å². The fraction of sp³-hybridized carbons (Fsp3) is 1.00. The van der Waals surface area contributed by atoms with Crippen molar-refractivity contribution in [2.75, 3.05) is 7.11 Å². The van der Waals surface area contributed by atoms with E-state index in [9.17, 15) is 0 Å². The van der Waals surface area contributed by atoms with E-state index in [0.717, 1.165) is 9.04 Å². The van der Waals surface area contributed by atoms with Crippen LogP contribution >= 0.6 is 0 Å². The Morgan fingerprint density at radius 3 is 1.92 bits per heavy atom. The van der Waals surface area contributed by atoms with Crippen LogP contribution in [-0.2, 0) is 12.7 Å². The predicted octanol–water partition coefficient (Wildman–Crippen LogP) is 0.821. The molecule has 0 aliphatic heterocycles. The van der Waals surface area contributed by atoms with Gasteiger partial charge in [0, 0.05) is 7.11 Å². The number of hydrogen-bond donors (Lipinski definition) is 0. The van der Waals surface area contributed by atoms with Gasteiger partial charge in [-0.3, -0.25) is 0 Å². The van der Waals surface area contributed by atoms with Gasteiger partial charge >= 0.3 is 0 Å². The summed E-state index contributed by atoms with van der Waals surface area (Å²) in [5, 5.41) is 0. The predicted molar refractivity (Wildman–Crippen MR) is 64.3 cm³/mol. The minimum Gasteiger partial charge on any atom is -0.441 e. The molecule has 7 heteroatoms. The van der Waals surface area contributed by atoms with Crippen LogP contribution in [0.15, 0.2) is 0 Å². The van der Waals surface area contributed by atoms with Crippen molar-refractivity contribution < 1.29 is 12.7 Å². The normalized spacial score (nSPS) is 18.0. The molecule has 0 saturated heterocycles. The minimum atomic E-state index is -1.81. The van der Waals surface area contributed by atoms with Crippen molar-refractivity contribution in [2.45, 2.75) is 32.7 Å². The second kappa shape index (κ2) is 5.59. The van der Waals surface area contributed by atoms with E-state index in [-0.39, 0.29) is 0 Å². The lowest BCUT2D eigenvalue weighted by Crippen LogP contribution is -2.46. The van der Waals surface area contributed by atoms with Gasteiger partial charge in [-0.1, -0.05) is 6.55 Å². The summed E-state index contributed by atoms with van der Waals surface area (Å²) in [6, 6.07) is 0. The third-order valence-electron chi connectivity index (χ3n) is 1.67. The van der Waals surface area contributed by atoms with Crippen molar-refractivity contribution in [3.05, 3.63) is 0 Å². The molecule has 0 rings (SSSR count). The first-order valence-corrected chi connectivity index (χ1v) is 13.7. The van der Waals surface area contributed by atoms with Gasteiger partial charge in [-0.05, 0) is 26.2 Å². The number of hydrogen-bond acceptors (Lipinski definition) is 3. The smallest absolute Gasteiger partial charge is 0.298 e. The quantitative estimate of drug-likeness (QED) is 0.655. The SMILES string of the molecule is CO[Si](C)(O[SiH2]O[Si](C)(C)C)[Si]C. The molecule has 0 spiro atoms. The van der Waals surface area contributed by atoms with Gasteiger partial charge in [-0.15, -0.1) is 0 Å². The van der Waals surface area contributed by atoms with Crippen molar-refractivity contribution in [3.8, 4) is 0 Å². The van der Waals surface area contributed by atoms with Crippen LogP contribution in [0.5, 0.6) is 0 Å². The van der Waals surface area contributed by atoms with Gasteiger partial charge in [0.1, 0.15) is 0 Å². The van der Waals surface area contributed by atoms with Crippen molar-refractivity contribution in [1.29, 1.82) is 0 Å². The molecular weight excluding hydrogens is 232 g/mol. The maximum Gasteiger partial charge on any atom is 0.298 e. The Kier molecular flexibility index (Phi) is 5.91. The lowest BCUT2D eigenvalue weighted by atomic mass is 11.8. The zero-order chi connectivity index (χ0) is 10.5. The van der Waals surface area contributed by atoms with Gasteiger partial charge in [-0.25, -0.2) is 0 Å². The molecule has 0 saturated carbocycles. The van der Waals surface area contributed by atoms with Gasteiger partial charge in [0.05, 0.1) is 9.04 Å². The molecule has 78 valence electrons. The molecule has 0 aromatic carbocycles. The van der Waals surface area contributed by atoms with E-state index in [0.29, 0.717) is 0 Å². The maximum absolute atomic E-state index is 5.78. The first kappa shape index (κ1) is 13.7. The van der Waals surface area contributed by atoms with Gasteiger partial charge < -0.3 is 12.7 Å². The van der Waals surface area contributed by atoms with E-state index in [1.807, 2.05) is 0 Å². The van der Waals surface area contributed by atoms with E-state index in [1.165, 1.54) is 0 Å². The van der Waals surface area contributed by atoms with Crippen LogP contribution < -0.4 is 0 Å². The Morgan fingerprint density at radius 1 is 1.08 bits per heavy atom. The Morgan fingerprint density at radius 2 is 1.62 bits per heavy atom. The highest BCUT2D eigenvalue weighted by Gasteiger charge is 2.28. The zero-order valence-electron chi connectivity index (χ0n) is 9.43. The Bertz CT molecular complexity index is 143. The average molecular weight is 253 g/mol. The van der Waals surface area contributed by atoms with E-state index in [1.54, 1.807) is 7.11 Å². The van der Waals surface area contributed by atoms with E-state index >= 15 is 0 Å².